The number of nitrogens with zero attached hydrogens (tertiary/aromatic N) is 2. The molecule has 2 heterocycles. The quantitative estimate of drug-likeness (QED) is 0.575. The third-order valence-electron chi connectivity index (χ3n) is 4.76. The highest BCUT2D eigenvalue weighted by Crippen LogP contribution is 2.42. The van der Waals surface area contributed by atoms with Gasteiger partial charge in [-0.05, 0) is 19.1 Å². The average molecular weight is 499 g/mol. The summed E-state index contributed by atoms with van der Waals surface area (Å²) in [6.07, 6.45) is -10.4. The molecule has 1 aliphatic heterocycles. The van der Waals surface area contributed by atoms with Crippen LogP contribution in [0.1, 0.15) is 41.4 Å². The molecule has 1 aromatic carbocycles. The number of halogens is 8. The highest BCUT2D eigenvalue weighted by molar-refractivity contribution is 6.34. The number of hydrogen-bond acceptors (Lipinski definition) is 5. The minimum Gasteiger partial charge on any atom is -0.452 e. The number of pyridine rings is 1. The Morgan fingerprint density at radius 2 is 1.97 bits per heavy atom. The summed E-state index contributed by atoms with van der Waals surface area (Å²) in [5.74, 6) is -4.07. The summed E-state index contributed by atoms with van der Waals surface area (Å²) in [4.78, 5) is 19.7. The zero-order chi connectivity index (χ0) is 24.7. The van der Waals surface area contributed by atoms with Gasteiger partial charge in [0.1, 0.15) is 5.69 Å². The summed E-state index contributed by atoms with van der Waals surface area (Å²) in [7, 11) is 0. The number of nitrogens with one attached hydrogen (secondary N) is 1. The predicted octanol–water partition coefficient (Wildman–Crippen LogP) is 5.08. The number of carbonyl (C=O) groups excluding carboxylic acids is 1. The van der Waals surface area contributed by atoms with Gasteiger partial charge in [0.15, 0.2) is 17.7 Å². The van der Waals surface area contributed by atoms with Crippen molar-refractivity contribution in [3.05, 3.63) is 57.9 Å². The van der Waals surface area contributed by atoms with E-state index in [1.807, 2.05) is 0 Å². The van der Waals surface area contributed by atoms with Gasteiger partial charge in [0.25, 0.3) is 18.4 Å². The maximum atomic E-state index is 14.6. The smallest absolute Gasteiger partial charge is 0.425 e. The van der Waals surface area contributed by atoms with E-state index in [2.05, 4.69) is 20.0 Å². The number of carbonyl (C=O) groups is 1. The van der Waals surface area contributed by atoms with Crippen LogP contribution in [0.4, 0.5) is 36.4 Å². The van der Waals surface area contributed by atoms with E-state index in [1.54, 1.807) is 0 Å². The first-order valence-electron chi connectivity index (χ1n) is 9.04. The summed E-state index contributed by atoms with van der Waals surface area (Å²) in [5.41, 5.74) is 1.28. The Balaban J connectivity index is 1.97. The fraction of sp³-hybridized carbons (Fsp3) is 0.316. The number of aromatic nitrogens is 1. The second-order valence-electron chi connectivity index (χ2n) is 7.25. The van der Waals surface area contributed by atoms with Crippen LogP contribution in [0.5, 0.6) is 0 Å². The van der Waals surface area contributed by atoms with Crippen molar-refractivity contribution in [3.63, 3.8) is 0 Å². The topological polar surface area (TPSA) is 89.6 Å². The Hall–Kier alpha value is -3.09. The number of aliphatic imine (C=N–C) groups is 1. The molecule has 3 rings (SSSR count). The Morgan fingerprint density at radius 3 is 2.55 bits per heavy atom. The lowest BCUT2D eigenvalue weighted by molar-refractivity contribution is -0.208. The molecule has 0 spiro atoms. The molecule has 0 fully saturated rings. The lowest BCUT2D eigenvalue weighted by Gasteiger charge is -2.36. The van der Waals surface area contributed by atoms with Gasteiger partial charge in [-0.2, -0.15) is 13.2 Å². The molecule has 1 amide bonds. The number of amidine groups is 1. The second kappa shape index (κ2) is 8.69. The number of nitrogens with two attached hydrogens (primary N) is 1. The van der Waals surface area contributed by atoms with Crippen molar-refractivity contribution in [1.82, 2.24) is 4.98 Å². The van der Waals surface area contributed by atoms with Crippen LogP contribution in [0.2, 0.25) is 5.02 Å². The summed E-state index contributed by atoms with van der Waals surface area (Å²) in [5, 5.41) is 1.72. The summed E-state index contributed by atoms with van der Waals surface area (Å²) in [6.45, 7) is 1.09. The Kier molecular flexibility index (Phi) is 6.46. The van der Waals surface area contributed by atoms with Crippen molar-refractivity contribution in [3.8, 4) is 0 Å². The summed E-state index contributed by atoms with van der Waals surface area (Å²) in [6, 6.07) is 1.36. The normalized spacial score (nSPS) is 20.9. The molecule has 14 heteroatoms. The summed E-state index contributed by atoms with van der Waals surface area (Å²) < 4.78 is 98.3. The van der Waals surface area contributed by atoms with Crippen LogP contribution in [-0.2, 0) is 10.3 Å². The van der Waals surface area contributed by atoms with Crippen LogP contribution in [0.25, 0.3) is 0 Å². The molecule has 0 saturated heterocycles. The molecule has 0 radical (unpaired) electrons. The third kappa shape index (κ3) is 5.13. The molecule has 2 aromatic rings. The molecular weight excluding hydrogens is 485 g/mol. The van der Waals surface area contributed by atoms with Crippen molar-refractivity contribution >= 4 is 29.2 Å². The fourth-order valence-electron chi connectivity index (χ4n) is 3.20. The molecular formula is C19H14ClF7N4O2. The highest BCUT2D eigenvalue weighted by atomic mass is 35.5. The number of ether oxygens (including phenoxy) is 1. The monoisotopic (exact) mass is 498 g/mol. The van der Waals surface area contributed by atoms with Gasteiger partial charge in [-0.3, -0.25) is 4.79 Å². The Morgan fingerprint density at radius 1 is 1.30 bits per heavy atom. The summed E-state index contributed by atoms with van der Waals surface area (Å²) >= 11 is 5.80. The van der Waals surface area contributed by atoms with Gasteiger partial charge in [0.2, 0.25) is 0 Å². The number of rotatable bonds is 4. The van der Waals surface area contributed by atoms with Gasteiger partial charge in [-0.1, -0.05) is 11.6 Å². The minimum atomic E-state index is -4.87. The highest BCUT2D eigenvalue weighted by Gasteiger charge is 2.50. The molecule has 1 aliphatic rings. The first kappa shape index (κ1) is 24.6. The van der Waals surface area contributed by atoms with Crippen molar-refractivity contribution in [2.45, 2.75) is 37.6 Å². The molecule has 0 aliphatic carbocycles. The van der Waals surface area contributed by atoms with E-state index < -0.39 is 76.1 Å². The third-order valence-corrected chi connectivity index (χ3v) is 5.05. The Bertz CT molecular complexity index is 1130. The maximum Gasteiger partial charge on any atom is 0.425 e. The van der Waals surface area contributed by atoms with Gasteiger partial charge in [-0.25, -0.2) is 27.5 Å². The van der Waals surface area contributed by atoms with Crippen molar-refractivity contribution in [2.75, 3.05) is 5.32 Å². The Labute approximate surface area is 186 Å². The van der Waals surface area contributed by atoms with Gasteiger partial charge < -0.3 is 15.8 Å². The lowest BCUT2D eigenvalue weighted by Crippen LogP contribution is -2.46. The van der Waals surface area contributed by atoms with E-state index >= 15 is 0 Å². The van der Waals surface area contributed by atoms with E-state index in [0.717, 1.165) is 19.1 Å². The molecule has 2 atom stereocenters. The molecule has 1 aromatic heterocycles. The van der Waals surface area contributed by atoms with Crippen LogP contribution in [0.3, 0.4) is 0 Å². The predicted molar refractivity (Wildman–Crippen MR) is 103 cm³/mol. The van der Waals surface area contributed by atoms with Crippen LogP contribution in [0.15, 0.2) is 29.4 Å². The van der Waals surface area contributed by atoms with Gasteiger partial charge in [0, 0.05) is 35.5 Å². The largest absolute Gasteiger partial charge is 0.452 e. The molecule has 0 bridgehead atoms. The van der Waals surface area contributed by atoms with Crippen LogP contribution < -0.4 is 11.1 Å². The van der Waals surface area contributed by atoms with Crippen LogP contribution >= 0.6 is 11.6 Å². The SMILES string of the molecule is C[C@]1(c2cc(NC(=O)c3ncc(C(F)F)cc3Cl)cc(F)c2F)C[C@@H](C(F)(F)F)OC(N)=N1. The molecule has 6 nitrogen and oxygen atoms in total. The fourth-order valence-corrected chi connectivity index (χ4v) is 3.46. The number of amides is 1. The van der Waals surface area contributed by atoms with Gasteiger partial charge >= 0.3 is 6.18 Å². The van der Waals surface area contributed by atoms with E-state index in [4.69, 9.17) is 17.3 Å². The zero-order valence-corrected chi connectivity index (χ0v) is 17.2. The molecule has 0 unspecified atom stereocenters. The first-order valence-corrected chi connectivity index (χ1v) is 9.42. The number of hydrogen-bond donors (Lipinski definition) is 2. The van der Waals surface area contributed by atoms with E-state index in [1.165, 1.54) is 0 Å². The second-order valence-corrected chi connectivity index (χ2v) is 7.66. The number of benzene rings is 1. The number of anilines is 1. The van der Waals surface area contributed by atoms with Gasteiger partial charge in [-0.15, -0.1) is 0 Å². The molecule has 0 saturated carbocycles. The maximum absolute atomic E-state index is 14.6. The first-order chi connectivity index (χ1) is 15.2. The van der Waals surface area contributed by atoms with Crippen LogP contribution in [-0.4, -0.2) is 29.2 Å². The molecule has 178 valence electrons. The zero-order valence-electron chi connectivity index (χ0n) is 16.5. The van der Waals surface area contributed by atoms with Crippen molar-refractivity contribution < 1.29 is 40.3 Å². The molecule has 3 N–H and O–H groups in total. The van der Waals surface area contributed by atoms with Crippen LogP contribution in [0, 0.1) is 11.6 Å². The van der Waals surface area contributed by atoms with Gasteiger partial charge in [0.05, 0.1) is 10.6 Å². The number of alkyl halides is 5. The van der Waals surface area contributed by atoms with Crippen molar-refractivity contribution in [2.24, 2.45) is 10.7 Å². The standard InChI is InChI=1S/C19H14ClF7N4O2/c1-18(5-12(19(25,26)27)33-17(28)31-18)9-3-8(4-11(21)13(9)22)30-16(32)14-10(20)2-7(6-29-14)15(23)24/h2-4,6,12,15H,5H2,1H3,(H2,28,31)(H,30,32)/t12-,18+/m0/s1. The average Bonchev–Trinajstić information content (AvgIpc) is 2.68. The lowest BCUT2D eigenvalue weighted by atomic mass is 9.85. The van der Waals surface area contributed by atoms with E-state index in [9.17, 15) is 35.5 Å². The van der Waals surface area contributed by atoms with E-state index in [-0.39, 0.29) is 5.69 Å². The molecule has 33 heavy (non-hydrogen) atoms. The van der Waals surface area contributed by atoms with Crippen molar-refractivity contribution in [1.29, 1.82) is 0 Å². The minimum absolute atomic E-state index is 0.380. The van der Waals surface area contributed by atoms with E-state index in [0.29, 0.717) is 12.3 Å².